The largest absolute Gasteiger partial charge is 0.399 e. The average molecular weight is 223 g/mol. The van der Waals surface area contributed by atoms with Crippen molar-refractivity contribution in [2.24, 2.45) is 0 Å². The number of amides is 1. The Labute approximate surface area is 92.6 Å². The highest BCUT2D eigenvalue weighted by atomic mass is 35.5. The molecule has 0 radical (unpaired) electrons. The van der Waals surface area contributed by atoms with E-state index in [-0.39, 0.29) is 11.3 Å². The van der Waals surface area contributed by atoms with Crippen LogP contribution in [0.5, 0.6) is 0 Å². The Kier molecular flexibility index (Phi) is 1.61. The number of fused-ring (bicyclic) bond motifs is 2. The maximum absolute atomic E-state index is 11.9. The van der Waals surface area contributed by atoms with Crippen LogP contribution in [-0.4, -0.2) is 5.91 Å². The smallest absolute Gasteiger partial charge is 0.235 e. The second kappa shape index (κ2) is 2.67. The normalized spacial score (nSPS) is 21.0. The Bertz CT molecular complexity index is 466. The van der Waals surface area contributed by atoms with Gasteiger partial charge in [0.25, 0.3) is 0 Å². The van der Waals surface area contributed by atoms with E-state index in [1.165, 1.54) is 0 Å². The van der Waals surface area contributed by atoms with Crippen LogP contribution in [-0.2, 0) is 10.2 Å². The topological polar surface area (TPSA) is 55.1 Å². The average Bonchev–Trinajstić information content (AvgIpc) is 2.37. The number of nitrogen functional groups attached to an aromatic ring is 1. The quantitative estimate of drug-likeness (QED) is 0.662. The fourth-order valence-electron chi connectivity index (χ4n) is 2.51. The van der Waals surface area contributed by atoms with Gasteiger partial charge in [-0.25, -0.2) is 0 Å². The van der Waals surface area contributed by atoms with E-state index in [9.17, 15) is 4.79 Å². The zero-order valence-electron chi connectivity index (χ0n) is 8.14. The van der Waals surface area contributed by atoms with E-state index in [1.54, 1.807) is 6.07 Å². The van der Waals surface area contributed by atoms with Gasteiger partial charge in [-0.05, 0) is 30.5 Å². The Morgan fingerprint density at radius 1 is 1.40 bits per heavy atom. The number of rotatable bonds is 0. The van der Waals surface area contributed by atoms with E-state index in [2.05, 4.69) is 5.32 Å². The zero-order chi connectivity index (χ0) is 10.6. The summed E-state index contributed by atoms with van der Waals surface area (Å²) in [5, 5.41) is 3.40. The van der Waals surface area contributed by atoms with Gasteiger partial charge in [0, 0.05) is 5.69 Å². The van der Waals surface area contributed by atoms with Crippen LogP contribution in [0, 0.1) is 0 Å². The fraction of sp³-hybridized carbons (Fsp3) is 0.364. The Morgan fingerprint density at radius 2 is 2.13 bits per heavy atom. The van der Waals surface area contributed by atoms with E-state index >= 15 is 0 Å². The van der Waals surface area contributed by atoms with Gasteiger partial charge in [0.1, 0.15) is 0 Å². The number of benzene rings is 1. The third kappa shape index (κ3) is 0.988. The first-order valence-electron chi connectivity index (χ1n) is 5.04. The SMILES string of the molecule is Nc1cc(Cl)c2c(c1)C1(CCC1)C(=O)N2. The lowest BCUT2D eigenvalue weighted by Gasteiger charge is -2.36. The zero-order valence-corrected chi connectivity index (χ0v) is 8.90. The molecule has 3 rings (SSSR count). The molecule has 1 heterocycles. The molecule has 0 aromatic heterocycles. The first-order valence-corrected chi connectivity index (χ1v) is 5.42. The maximum atomic E-state index is 11.9. The molecule has 15 heavy (non-hydrogen) atoms. The summed E-state index contributed by atoms with van der Waals surface area (Å²) in [6.07, 6.45) is 2.91. The number of carbonyl (C=O) groups is 1. The standard InChI is InChI=1S/C11H11ClN2O/c12-8-5-6(13)4-7-9(8)14-10(15)11(7)2-1-3-11/h4-5H,1-3,13H2,(H,14,15). The van der Waals surface area contributed by atoms with E-state index in [4.69, 9.17) is 17.3 Å². The molecular weight excluding hydrogens is 212 g/mol. The summed E-state index contributed by atoms with van der Waals surface area (Å²) in [5.74, 6) is 0.0799. The molecule has 1 aliphatic heterocycles. The molecule has 3 nitrogen and oxygen atoms in total. The monoisotopic (exact) mass is 222 g/mol. The van der Waals surface area contributed by atoms with Crippen molar-refractivity contribution in [3.05, 3.63) is 22.7 Å². The number of halogens is 1. The van der Waals surface area contributed by atoms with Gasteiger partial charge in [0.2, 0.25) is 5.91 Å². The van der Waals surface area contributed by atoms with Gasteiger partial charge in [0.15, 0.2) is 0 Å². The lowest BCUT2D eigenvalue weighted by molar-refractivity contribution is -0.123. The van der Waals surface area contributed by atoms with E-state index in [0.29, 0.717) is 10.7 Å². The van der Waals surface area contributed by atoms with Crippen LogP contribution in [0.25, 0.3) is 0 Å². The van der Waals surface area contributed by atoms with Crippen molar-refractivity contribution in [3.63, 3.8) is 0 Å². The number of hydrogen-bond acceptors (Lipinski definition) is 2. The van der Waals surface area contributed by atoms with Crippen LogP contribution in [0.3, 0.4) is 0 Å². The first kappa shape index (κ1) is 9.04. The minimum absolute atomic E-state index is 0.0799. The van der Waals surface area contributed by atoms with Gasteiger partial charge in [-0.1, -0.05) is 18.0 Å². The van der Waals surface area contributed by atoms with Crippen molar-refractivity contribution in [1.82, 2.24) is 0 Å². The molecule has 1 amide bonds. The molecule has 1 aromatic rings. The van der Waals surface area contributed by atoms with Crippen molar-refractivity contribution in [2.45, 2.75) is 24.7 Å². The number of hydrogen-bond donors (Lipinski definition) is 2. The van der Waals surface area contributed by atoms with Crippen LogP contribution in [0.4, 0.5) is 11.4 Å². The van der Waals surface area contributed by atoms with E-state index < -0.39 is 0 Å². The minimum atomic E-state index is -0.325. The molecule has 1 fully saturated rings. The summed E-state index contributed by atoms with van der Waals surface area (Å²) >= 11 is 6.05. The van der Waals surface area contributed by atoms with Crippen LogP contribution in [0.1, 0.15) is 24.8 Å². The Morgan fingerprint density at radius 3 is 2.73 bits per heavy atom. The van der Waals surface area contributed by atoms with E-state index in [1.807, 2.05) is 6.07 Å². The van der Waals surface area contributed by atoms with Crippen molar-refractivity contribution in [3.8, 4) is 0 Å². The van der Waals surface area contributed by atoms with Crippen molar-refractivity contribution >= 4 is 28.9 Å². The van der Waals surface area contributed by atoms with Gasteiger partial charge >= 0.3 is 0 Å². The molecule has 4 heteroatoms. The molecule has 0 unspecified atom stereocenters. The van der Waals surface area contributed by atoms with Crippen LogP contribution in [0.15, 0.2) is 12.1 Å². The number of anilines is 2. The molecule has 0 atom stereocenters. The third-order valence-corrected chi connectivity index (χ3v) is 3.81. The molecule has 1 saturated carbocycles. The molecule has 1 spiro atoms. The van der Waals surface area contributed by atoms with Gasteiger partial charge in [-0.15, -0.1) is 0 Å². The Balaban J connectivity index is 2.24. The predicted octanol–water partition coefficient (Wildman–Crippen LogP) is 2.30. The second-order valence-electron chi connectivity index (χ2n) is 4.32. The van der Waals surface area contributed by atoms with E-state index in [0.717, 1.165) is 30.5 Å². The summed E-state index contributed by atoms with van der Waals surface area (Å²) in [6.45, 7) is 0. The van der Waals surface area contributed by atoms with Crippen molar-refractivity contribution in [2.75, 3.05) is 11.1 Å². The summed E-state index contributed by atoms with van der Waals surface area (Å²) in [4.78, 5) is 11.9. The summed E-state index contributed by atoms with van der Waals surface area (Å²) < 4.78 is 0. The number of carbonyl (C=O) groups excluding carboxylic acids is 1. The number of nitrogens with two attached hydrogens (primary N) is 1. The molecule has 3 N–H and O–H groups in total. The van der Waals surface area contributed by atoms with Gasteiger partial charge < -0.3 is 11.1 Å². The minimum Gasteiger partial charge on any atom is -0.399 e. The predicted molar refractivity (Wildman–Crippen MR) is 60.0 cm³/mol. The lowest BCUT2D eigenvalue weighted by atomic mass is 9.65. The highest BCUT2D eigenvalue weighted by Gasteiger charge is 2.51. The van der Waals surface area contributed by atoms with Crippen LogP contribution >= 0.6 is 11.6 Å². The molecule has 0 bridgehead atoms. The number of nitrogens with one attached hydrogen (secondary N) is 1. The van der Waals surface area contributed by atoms with Gasteiger partial charge in [-0.2, -0.15) is 0 Å². The fourth-order valence-corrected chi connectivity index (χ4v) is 2.79. The molecular formula is C11H11ClN2O. The maximum Gasteiger partial charge on any atom is 0.235 e. The van der Waals surface area contributed by atoms with Gasteiger partial charge in [0.05, 0.1) is 16.1 Å². The summed E-state index contributed by atoms with van der Waals surface area (Å²) in [6, 6.07) is 3.55. The lowest BCUT2D eigenvalue weighted by Crippen LogP contribution is -2.40. The molecule has 0 saturated heterocycles. The van der Waals surface area contributed by atoms with Gasteiger partial charge in [-0.3, -0.25) is 4.79 Å². The summed E-state index contributed by atoms with van der Waals surface area (Å²) in [5.41, 5.74) is 7.80. The molecule has 2 aliphatic rings. The molecule has 1 aromatic carbocycles. The van der Waals surface area contributed by atoms with Crippen molar-refractivity contribution < 1.29 is 4.79 Å². The highest BCUT2D eigenvalue weighted by molar-refractivity contribution is 6.35. The Hall–Kier alpha value is -1.22. The molecule has 1 aliphatic carbocycles. The van der Waals surface area contributed by atoms with Crippen LogP contribution in [0.2, 0.25) is 5.02 Å². The molecule has 78 valence electrons. The van der Waals surface area contributed by atoms with Crippen molar-refractivity contribution in [1.29, 1.82) is 0 Å². The van der Waals surface area contributed by atoms with Crippen LogP contribution < -0.4 is 11.1 Å². The third-order valence-electron chi connectivity index (χ3n) is 3.51. The summed E-state index contributed by atoms with van der Waals surface area (Å²) in [7, 11) is 0. The first-order chi connectivity index (χ1) is 7.13. The highest BCUT2D eigenvalue weighted by Crippen LogP contribution is 2.53. The second-order valence-corrected chi connectivity index (χ2v) is 4.72.